The molecule has 0 saturated heterocycles. The van der Waals surface area contributed by atoms with E-state index in [2.05, 4.69) is 45.1 Å². The van der Waals surface area contributed by atoms with Gasteiger partial charge in [-0.15, -0.1) is 0 Å². The summed E-state index contributed by atoms with van der Waals surface area (Å²) in [4.78, 5) is 9.39. The molecule has 0 aliphatic heterocycles. The summed E-state index contributed by atoms with van der Waals surface area (Å²) in [5.74, 6) is 1.25. The highest BCUT2D eigenvalue weighted by Crippen LogP contribution is 2.24. The molecule has 1 aromatic carbocycles. The van der Waals surface area contributed by atoms with Crippen LogP contribution in [0.2, 0.25) is 0 Å². The summed E-state index contributed by atoms with van der Waals surface area (Å²) >= 11 is 0. The van der Waals surface area contributed by atoms with E-state index in [1.165, 1.54) is 5.56 Å². The molecule has 0 radical (unpaired) electrons. The number of aryl methyl sites for hydroxylation is 2. The van der Waals surface area contributed by atoms with Crippen molar-refractivity contribution in [3.63, 3.8) is 0 Å². The minimum absolute atomic E-state index is 0.430. The topological polar surface area (TPSA) is 37.8 Å². The Balaban J connectivity index is 2.34. The molecular formula is C17H23N3. The van der Waals surface area contributed by atoms with Crippen LogP contribution in [0.15, 0.2) is 30.3 Å². The molecule has 0 saturated carbocycles. The zero-order valence-corrected chi connectivity index (χ0v) is 12.8. The number of aromatic nitrogens is 2. The van der Waals surface area contributed by atoms with E-state index in [4.69, 9.17) is 9.97 Å². The van der Waals surface area contributed by atoms with Gasteiger partial charge in [-0.05, 0) is 31.9 Å². The fourth-order valence-electron chi connectivity index (χ4n) is 2.62. The van der Waals surface area contributed by atoms with E-state index in [0.717, 1.165) is 35.9 Å². The number of likely N-dealkylation sites (N-methyl/N-ethyl adjacent to an activating group) is 1. The molecule has 0 aliphatic carbocycles. The third kappa shape index (κ3) is 3.23. The predicted molar refractivity (Wildman–Crippen MR) is 83.9 cm³/mol. The second kappa shape index (κ2) is 6.62. The fourth-order valence-corrected chi connectivity index (χ4v) is 2.62. The van der Waals surface area contributed by atoms with Gasteiger partial charge in [0.2, 0.25) is 0 Å². The summed E-state index contributed by atoms with van der Waals surface area (Å²) in [5.41, 5.74) is 4.51. The first-order valence-corrected chi connectivity index (χ1v) is 7.24. The average Bonchev–Trinajstić information content (AvgIpc) is 2.45. The number of nitrogens with one attached hydrogen (secondary N) is 1. The molecule has 2 aromatic rings. The van der Waals surface area contributed by atoms with Crippen molar-refractivity contribution in [2.24, 2.45) is 0 Å². The molecule has 106 valence electrons. The van der Waals surface area contributed by atoms with Crippen molar-refractivity contribution >= 4 is 0 Å². The maximum absolute atomic E-state index is 4.69. The minimum atomic E-state index is 0.430. The van der Waals surface area contributed by atoms with Gasteiger partial charge in [0.15, 0.2) is 5.82 Å². The average molecular weight is 269 g/mol. The second-order valence-electron chi connectivity index (χ2n) is 5.21. The SMILES string of the molecule is CCNCC(C)c1c(C)nc(-c2ccccc2)nc1C. The van der Waals surface area contributed by atoms with Gasteiger partial charge < -0.3 is 5.32 Å². The smallest absolute Gasteiger partial charge is 0.159 e. The van der Waals surface area contributed by atoms with Gasteiger partial charge in [0.05, 0.1) is 0 Å². The van der Waals surface area contributed by atoms with Gasteiger partial charge in [-0.2, -0.15) is 0 Å². The number of nitrogens with zero attached hydrogens (tertiary/aromatic N) is 2. The molecule has 1 unspecified atom stereocenters. The van der Waals surface area contributed by atoms with E-state index in [1.807, 2.05) is 18.2 Å². The minimum Gasteiger partial charge on any atom is -0.316 e. The molecule has 1 aromatic heterocycles. The molecule has 1 heterocycles. The van der Waals surface area contributed by atoms with Gasteiger partial charge in [-0.1, -0.05) is 44.2 Å². The third-order valence-electron chi connectivity index (χ3n) is 3.55. The van der Waals surface area contributed by atoms with Crippen LogP contribution in [0.25, 0.3) is 11.4 Å². The number of hydrogen-bond donors (Lipinski definition) is 1. The molecule has 3 nitrogen and oxygen atoms in total. The summed E-state index contributed by atoms with van der Waals surface area (Å²) < 4.78 is 0. The van der Waals surface area contributed by atoms with Crippen molar-refractivity contribution in [1.82, 2.24) is 15.3 Å². The van der Waals surface area contributed by atoms with Crippen LogP contribution in [0.1, 0.15) is 36.7 Å². The molecule has 1 atom stereocenters. The summed E-state index contributed by atoms with van der Waals surface area (Å²) in [5, 5.41) is 3.39. The van der Waals surface area contributed by atoms with Crippen molar-refractivity contribution in [3.05, 3.63) is 47.3 Å². The molecule has 1 N–H and O–H groups in total. The molecule has 0 fully saturated rings. The van der Waals surface area contributed by atoms with Crippen LogP contribution in [0.5, 0.6) is 0 Å². The Morgan fingerprint density at radius 1 is 1.05 bits per heavy atom. The van der Waals surface area contributed by atoms with Crippen molar-refractivity contribution in [2.45, 2.75) is 33.6 Å². The maximum atomic E-state index is 4.69. The van der Waals surface area contributed by atoms with E-state index in [-0.39, 0.29) is 0 Å². The van der Waals surface area contributed by atoms with Crippen molar-refractivity contribution in [2.75, 3.05) is 13.1 Å². The molecule has 2 rings (SSSR count). The lowest BCUT2D eigenvalue weighted by molar-refractivity contribution is 0.624. The standard InChI is InChI=1S/C17H23N3/c1-5-18-11-12(2)16-13(3)19-17(20-14(16)4)15-9-7-6-8-10-15/h6-10,12,18H,5,11H2,1-4H3. The highest BCUT2D eigenvalue weighted by atomic mass is 14.9. The fraction of sp³-hybridized carbons (Fsp3) is 0.412. The van der Waals surface area contributed by atoms with E-state index in [0.29, 0.717) is 5.92 Å². The summed E-state index contributed by atoms with van der Waals surface area (Å²) in [6.07, 6.45) is 0. The Morgan fingerprint density at radius 3 is 2.20 bits per heavy atom. The molecule has 20 heavy (non-hydrogen) atoms. The lowest BCUT2D eigenvalue weighted by Crippen LogP contribution is -2.21. The van der Waals surface area contributed by atoms with Crippen molar-refractivity contribution in [1.29, 1.82) is 0 Å². The molecular weight excluding hydrogens is 246 g/mol. The Kier molecular flexibility index (Phi) is 4.85. The lowest BCUT2D eigenvalue weighted by atomic mass is 9.97. The van der Waals surface area contributed by atoms with Gasteiger partial charge in [0.25, 0.3) is 0 Å². The third-order valence-corrected chi connectivity index (χ3v) is 3.55. The number of benzene rings is 1. The zero-order chi connectivity index (χ0) is 14.5. The summed E-state index contributed by atoms with van der Waals surface area (Å²) in [7, 11) is 0. The van der Waals surface area contributed by atoms with Gasteiger partial charge in [-0.3, -0.25) is 0 Å². The predicted octanol–water partition coefficient (Wildman–Crippen LogP) is 3.47. The van der Waals surface area contributed by atoms with Crippen LogP contribution >= 0.6 is 0 Å². The van der Waals surface area contributed by atoms with Gasteiger partial charge >= 0.3 is 0 Å². The Labute approximate surface area is 121 Å². The first kappa shape index (κ1) is 14.7. The highest BCUT2D eigenvalue weighted by molar-refractivity contribution is 5.55. The van der Waals surface area contributed by atoms with Crippen molar-refractivity contribution in [3.8, 4) is 11.4 Å². The van der Waals surface area contributed by atoms with E-state index in [9.17, 15) is 0 Å². The largest absolute Gasteiger partial charge is 0.316 e. The first-order chi connectivity index (χ1) is 9.63. The van der Waals surface area contributed by atoms with Crippen LogP contribution < -0.4 is 5.32 Å². The molecule has 0 aliphatic rings. The van der Waals surface area contributed by atoms with E-state index >= 15 is 0 Å². The zero-order valence-electron chi connectivity index (χ0n) is 12.8. The molecule has 0 bridgehead atoms. The monoisotopic (exact) mass is 269 g/mol. The number of hydrogen-bond acceptors (Lipinski definition) is 3. The number of rotatable bonds is 5. The normalized spacial score (nSPS) is 12.4. The highest BCUT2D eigenvalue weighted by Gasteiger charge is 2.15. The van der Waals surface area contributed by atoms with Crippen LogP contribution in [-0.2, 0) is 0 Å². The van der Waals surface area contributed by atoms with Crippen LogP contribution in [0.3, 0.4) is 0 Å². The van der Waals surface area contributed by atoms with Crippen molar-refractivity contribution < 1.29 is 0 Å². The van der Waals surface area contributed by atoms with Crippen LogP contribution in [-0.4, -0.2) is 23.1 Å². The summed E-state index contributed by atoms with van der Waals surface area (Å²) in [6.45, 7) is 10.5. The van der Waals surface area contributed by atoms with Gasteiger partial charge in [0.1, 0.15) is 0 Å². The Bertz CT molecular complexity index is 541. The second-order valence-corrected chi connectivity index (χ2v) is 5.21. The van der Waals surface area contributed by atoms with Crippen LogP contribution in [0.4, 0.5) is 0 Å². The quantitative estimate of drug-likeness (QED) is 0.903. The van der Waals surface area contributed by atoms with Crippen LogP contribution in [0, 0.1) is 13.8 Å². The molecule has 0 spiro atoms. The first-order valence-electron chi connectivity index (χ1n) is 7.24. The summed E-state index contributed by atoms with van der Waals surface area (Å²) in [6, 6.07) is 10.2. The maximum Gasteiger partial charge on any atom is 0.159 e. The Morgan fingerprint density at radius 2 is 1.65 bits per heavy atom. The molecule has 3 heteroatoms. The molecule has 0 amide bonds. The van der Waals surface area contributed by atoms with E-state index in [1.54, 1.807) is 0 Å². The Hall–Kier alpha value is -1.74. The van der Waals surface area contributed by atoms with Gasteiger partial charge in [-0.25, -0.2) is 9.97 Å². The van der Waals surface area contributed by atoms with E-state index < -0.39 is 0 Å². The van der Waals surface area contributed by atoms with Gasteiger partial charge in [0, 0.05) is 23.5 Å². The lowest BCUT2D eigenvalue weighted by Gasteiger charge is -2.17.